The van der Waals surface area contributed by atoms with Crippen molar-refractivity contribution >= 4 is 17.9 Å². The zero-order valence-corrected chi connectivity index (χ0v) is 45.1. The van der Waals surface area contributed by atoms with Gasteiger partial charge in [0.15, 0.2) is 6.10 Å². The molecule has 394 valence electrons. The summed E-state index contributed by atoms with van der Waals surface area (Å²) >= 11 is 0. The standard InChI is InChI=1S/C59H111NO7/c1-6-8-10-12-14-16-18-20-22-24-26-28-29-30-32-33-35-37-39-41-43-45-47-49-57(61)66-54-55(53-65-52-51-56(59(63)64)60(3,4)5)67-58(62)50-48-46-44-42-40-38-36-34-31-27-25-23-21-19-17-15-13-11-9-7-2/h17,19,21,23,55-56H,6-16,18,20,22,24-54H2,1-5H3/b19-17+,23-21+. The van der Waals surface area contributed by atoms with Crippen molar-refractivity contribution in [1.29, 1.82) is 0 Å². The third-order valence-corrected chi connectivity index (χ3v) is 13.4. The van der Waals surface area contributed by atoms with E-state index in [1.54, 1.807) is 0 Å². The minimum absolute atomic E-state index is 0.0443. The van der Waals surface area contributed by atoms with Gasteiger partial charge in [-0.3, -0.25) is 9.59 Å². The molecule has 0 heterocycles. The number of allylic oxidation sites excluding steroid dienone is 4. The molecule has 0 aromatic heterocycles. The molecule has 8 heteroatoms. The highest BCUT2D eigenvalue weighted by atomic mass is 16.6. The molecule has 0 rings (SSSR count). The van der Waals surface area contributed by atoms with Gasteiger partial charge >= 0.3 is 11.9 Å². The molecule has 0 aliphatic carbocycles. The van der Waals surface area contributed by atoms with E-state index in [9.17, 15) is 19.5 Å². The molecule has 67 heavy (non-hydrogen) atoms. The number of rotatable bonds is 53. The molecule has 0 aromatic carbocycles. The summed E-state index contributed by atoms with van der Waals surface area (Å²) in [6, 6.07) is -0.725. The van der Waals surface area contributed by atoms with Gasteiger partial charge in [0.25, 0.3) is 0 Å². The molecule has 0 radical (unpaired) electrons. The largest absolute Gasteiger partial charge is 0.544 e. The molecule has 0 bridgehead atoms. The Morgan fingerprint density at radius 3 is 1.13 bits per heavy atom. The number of likely N-dealkylation sites (N-methyl/N-ethyl adjacent to an activating group) is 1. The van der Waals surface area contributed by atoms with Gasteiger partial charge in [-0.1, -0.05) is 250 Å². The van der Waals surface area contributed by atoms with Crippen LogP contribution in [-0.4, -0.2) is 75.5 Å². The van der Waals surface area contributed by atoms with Crippen molar-refractivity contribution < 1.29 is 38.2 Å². The Balaban J connectivity index is 4.13. The van der Waals surface area contributed by atoms with Crippen LogP contribution >= 0.6 is 0 Å². The van der Waals surface area contributed by atoms with Gasteiger partial charge in [-0.25, -0.2) is 0 Å². The highest BCUT2D eigenvalue weighted by Crippen LogP contribution is 2.17. The molecule has 0 aromatic rings. The second-order valence-corrected chi connectivity index (χ2v) is 20.9. The maximum atomic E-state index is 12.8. The number of ether oxygens (including phenoxy) is 3. The van der Waals surface area contributed by atoms with Crippen LogP contribution in [0, 0.1) is 0 Å². The molecule has 0 spiro atoms. The first-order valence-corrected chi connectivity index (χ1v) is 28.9. The van der Waals surface area contributed by atoms with Crippen molar-refractivity contribution in [2.45, 2.75) is 296 Å². The lowest BCUT2D eigenvalue weighted by atomic mass is 10.0. The Kier molecular flexibility index (Phi) is 48.6. The van der Waals surface area contributed by atoms with Crippen LogP contribution < -0.4 is 5.11 Å². The van der Waals surface area contributed by atoms with Crippen molar-refractivity contribution in [3.8, 4) is 0 Å². The third kappa shape index (κ3) is 48.6. The first kappa shape index (κ1) is 64.8. The Morgan fingerprint density at radius 1 is 0.448 bits per heavy atom. The summed E-state index contributed by atoms with van der Waals surface area (Å²) in [5.74, 6) is -1.72. The number of quaternary nitrogens is 1. The van der Waals surface area contributed by atoms with E-state index in [4.69, 9.17) is 14.2 Å². The molecule has 0 aliphatic rings. The second-order valence-electron chi connectivity index (χ2n) is 20.9. The predicted octanol–water partition coefficient (Wildman–Crippen LogP) is 15.8. The first-order chi connectivity index (χ1) is 32.6. The number of hydrogen-bond acceptors (Lipinski definition) is 7. The number of carboxylic acid groups (broad SMARTS) is 1. The Bertz CT molecular complexity index is 1150. The number of carbonyl (C=O) groups excluding carboxylic acids is 3. The summed E-state index contributed by atoms with van der Waals surface area (Å²) in [4.78, 5) is 37.2. The average Bonchev–Trinajstić information content (AvgIpc) is 3.29. The smallest absolute Gasteiger partial charge is 0.306 e. The zero-order valence-electron chi connectivity index (χ0n) is 45.1. The summed E-state index contributed by atoms with van der Waals surface area (Å²) in [7, 11) is 5.43. The monoisotopic (exact) mass is 946 g/mol. The molecular weight excluding hydrogens is 835 g/mol. The van der Waals surface area contributed by atoms with Gasteiger partial charge < -0.3 is 28.6 Å². The fourth-order valence-corrected chi connectivity index (χ4v) is 8.89. The van der Waals surface area contributed by atoms with Crippen molar-refractivity contribution in [3.05, 3.63) is 24.3 Å². The number of unbranched alkanes of at least 4 members (excludes halogenated alkanes) is 36. The van der Waals surface area contributed by atoms with E-state index >= 15 is 0 Å². The summed E-state index contributed by atoms with van der Waals surface area (Å²) in [5, 5.41) is 11.7. The van der Waals surface area contributed by atoms with Crippen LogP contribution in [0.3, 0.4) is 0 Å². The number of hydrogen-bond donors (Lipinski definition) is 0. The maximum Gasteiger partial charge on any atom is 0.306 e. The highest BCUT2D eigenvalue weighted by molar-refractivity contribution is 5.70. The molecule has 0 fully saturated rings. The summed E-state index contributed by atoms with van der Waals surface area (Å²) in [6.45, 7) is 4.70. The summed E-state index contributed by atoms with van der Waals surface area (Å²) in [5.41, 5.74) is 0. The maximum absolute atomic E-state index is 12.8. The Hall–Kier alpha value is -2.19. The normalized spacial score (nSPS) is 12.9. The molecule has 2 unspecified atom stereocenters. The van der Waals surface area contributed by atoms with Crippen LogP contribution in [-0.2, 0) is 28.6 Å². The van der Waals surface area contributed by atoms with Crippen LogP contribution in [0.25, 0.3) is 0 Å². The van der Waals surface area contributed by atoms with Crippen molar-refractivity contribution in [1.82, 2.24) is 0 Å². The fourth-order valence-electron chi connectivity index (χ4n) is 8.89. The zero-order chi connectivity index (χ0) is 49.2. The third-order valence-electron chi connectivity index (χ3n) is 13.4. The lowest BCUT2D eigenvalue weighted by molar-refractivity contribution is -0.889. The van der Waals surface area contributed by atoms with Crippen molar-refractivity contribution in [2.24, 2.45) is 0 Å². The van der Waals surface area contributed by atoms with Gasteiger partial charge in [-0.15, -0.1) is 0 Å². The molecular formula is C59H111NO7. The highest BCUT2D eigenvalue weighted by Gasteiger charge is 2.25. The van der Waals surface area contributed by atoms with E-state index in [1.807, 2.05) is 21.1 Å². The van der Waals surface area contributed by atoms with Crippen LogP contribution in [0.2, 0.25) is 0 Å². The summed E-state index contributed by atoms with van der Waals surface area (Å²) < 4.78 is 17.3. The van der Waals surface area contributed by atoms with Gasteiger partial charge in [-0.2, -0.15) is 0 Å². The van der Waals surface area contributed by atoms with Crippen LogP contribution in [0.15, 0.2) is 24.3 Å². The van der Waals surface area contributed by atoms with E-state index in [-0.39, 0.29) is 42.7 Å². The average molecular weight is 947 g/mol. The minimum Gasteiger partial charge on any atom is -0.544 e. The number of aliphatic carboxylic acids is 1. The van der Waals surface area contributed by atoms with E-state index in [0.29, 0.717) is 12.8 Å². The first-order valence-electron chi connectivity index (χ1n) is 28.9. The minimum atomic E-state index is -1.12. The van der Waals surface area contributed by atoms with Crippen LogP contribution in [0.4, 0.5) is 0 Å². The molecule has 0 saturated heterocycles. The SMILES string of the molecule is CCCCCC/C=C/C=C/CCCCCCCCCCCCC(=O)OC(COCCC(C(=O)[O-])[N+](C)(C)C)COC(=O)CCCCCCCCCCCCCCCCCCCCCCCCC. The molecule has 0 aliphatic heterocycles. The van der Waals surface area contributed by atoms with Crippen LogP contribution in [0.5, 0.6) is 0 Å². The second kappa shape index (κ2) is 50.2. The quantitative estimate of drug-likeness (QED) is 0.0259. The summed E-state index contributed by atoms with van der Waals surface area (Å²) in [6.07, 6.45) is 59.3. The number of carboxylic acids is 1. The molecule has 0 saturated carbocycles. The lowest BCUT2D eigenvalue weighted by Crippen LogP contribution is -2.55. The molecule has 8 nitrogen and oxygen atoms in total. The van der Waals surface area contributed by atoms with Crippen LogP contribution in [0.1, 0.15) is 284 Å². The lowest BCUT2D eigenvalue weighted by Gasteiger charge is -2.34. The van der Waals surface area contributed by atoms with E-state index in [2.05, 4.69) is 38.2 Å². The van der Waals surface area contributed by atoms with Gasteiger partial charge in [0.05, 0.1) is 40.3 Å². The Morgan fingerprint density at radius 2 is 0.776 bits per heavy atom. The molecule has 0 N–H and O–H groups in total. The van der Waals surface area contributed by atoms with Gasteiger partial charge in [0, 0.05) is 19.3 Å². The van der Waals surface area contributed by atoms with Gasteiger partial charge in [0.2, 0.25) is 0 Å². The van der Waals surface area contributed by atoms with Gasteiger partial charge in [-0.05, 0) is 38.5 Å². The fraction of sp³-hybridized carbons (Fsp3) is 0.881. The van der Waals surface area contributed by atoms with E-state index < -0.39 is 18.1 Å². The van der Waals surface area contributed by atoms with E-state index in [1.165, 1.54) is 212 Å². The topological polar surface area (TPSA) is 102 Å². The number of esters is 2. The van der Waals surface area contributed by atoms with Crippen molar-refractivity contribution in [2.75, 3.05) is 41.0 Å². The number of nitrogens with zero attached hydrogens (tertiary/aromatic N) is 1. The van der Waals surface area contributed by atoms with Crippen molar-refractivity contribution in [3.63, 3.8) is 0 Å². The molecule has 2 atom stereocenters. The predicted molar refractivity (Wildman–Crippen MR) is 282 cm³/mol. The van der Waals surface area contributed by atoms with Gasteiger partial charge in [0.1, 0.15) is 12.6 Å². The Labute approximate surface area is 415 Å². The van der Waals surface area contributed by atoms with E-state index in [0.717, 1.165) is 38.5 Å². The molecule has 0 amide bonds. The number of carbonyl (C=O) groups is 3.